The van der Waals surface area contributed by atoms with Gasteiger partial charge in [-0.3, -0.25) is 20.4 Å². The number of amides is 2. The standard InChI is InChI=1S/C19H16N6O2/c1-11-9-12(2)25-17(21-11)14(10-20-25)18(26)23-24-19(27)16-8-7-13-5-3-4-6-15(13)22-16/h3-10H,1-2H3,(H,23,26)(H,24,27). The Balaban J connectivity index is 1.52. The maximum Gasteiger partial charge on any atom is 0.288 e. The Morgan fingerprint density at radius 3 is 2.59 bits per heavy atom. The summed E-state index contributed by atoms with van der Waals surface area (Å²) in [4.78, 5) is 33.4. The molecule has 0 aliphatic heterocycles. The maximum absolute atomic E-state index is 12.5. The van der Waals surface area contributed by atoms with Crippen molar-refractivity contribution in [3.05, 3.63) is 71.3 Å². The molecule has 8 heteroatoms. The van der Waals surface area contributed by atoms with Gasteiger partial charge in [-0.2, -0.15) is 5.10 Å². The lowest BCUT2D eigenvalue weighted by Gasteiger charge is -2.07. The quantitative estimate of drug-likeness (QED) is 0.532. The van der Waals surface area contributed by atoms with Crippen LogP contribution in [0.1, 0.15) is 32.2 Å². The van der Waals surface area contributed by atoms with Crippen LogP contribution in [0.5, 0.6) is 0 Å². The number of aromatic nitrogens is 4. The summed E-state index contributed by atoms with van der Waals surface area (Å²) in [6.45, 7) is 3.72. The predicted octanol–water partition coefficient (Wildman–Crippen LogP) is 1.97. The number of nitrogens with zero attached hydrogens (tertiary/aromatic N) is 4. The van der Waals surface area contributed by atoms with Gasteiger partial charge in [-0.05, 0) is 32.0 Å². The molecule has 3 heterocycles. The molecule has 0 aliphatic rings. The molecule has 0 radical (unpaired) electrons. The molecule has 0 spiro atoms. The van der Waals surface area contributed by atoms with Crippen LogP contribution in [0.4, 0.5) is 0 Å². The molecule has 0 aliphatic carbocycles. The summed E-state index contributed by atoms with van der Waals surface area (Å²) in [5.74, 6) is -1.01. The summed E-state index contributed by atoms with van der Waals surface area (Å²) in [5.41, 5.74) is 8.02. The normalized spacial score (nSPS) is 10.9. The van der Waals surface area contributed by atoms with Crippen LogP contribution >= 0.6 is 0 Å². The molecule has 27 heavy (non-hydrogen) atoms. The average Bonchev–Trinajstić information content (AvgIpc) is 3.09. The van der Waals surface area contributed by atoms with Gasteiger partial charge in [-0.15, -0.1) is 0 Å². The Morgan fingerprint density at radius 2 is 1.74 bits per heavy atom. The molecule has 0 fully saturated rings. The fourth-order valence-electron chi connectivity index (χ4n) is 2.87. The molecule has 0 atom stereocenters. The zero-order valence-electron chi connectivity index (χ0n) is 14.7. The number of nitrogens with one attached hydrogen (secondary N) is 2. The van der Waals surface area contributed by atoms with Gasteiger partial charge in [0.05, 0.1) is 11.7 Å². The van der Waals surface area contributed by atoms with Gasteiger partial charge in [0.15, 0.2) is 5.65 Å². The van der Waals surface area contributed by atoms with Crippen molar-refractivity contribution in [3.8, 4) is 0 Å². The van der Waals surface area contributed by atoms with Gasteiger partial charge >= 0.3 is 0 Å². The molecule has 1 aromatic carbocycles. The number of pyridine rings is 1. The molecule has 0 unspecified atom stereocenters. The molecule has 8 nitrogen and oxygen atoms in total. The smallest absolute Gasteiger partial charge is 0.267 e. The zero-order chi connectivity index (χ0) is 19.0. The Morgan fingerprint density at radius 1 is 0.963 bits per heavy atom. The van der Waals surface area contributed by atoms with Gasteiger partial charge in [0.1, 0.15) is 11.3 Å². The number of carbonyl (C=O) groups excluding carboxylic acids is 2. The average molecular weight is 360 g/mol. The van der Waals surface area contributed by atoms with E-state index in [1.807, 2.05) is 44.2 Å². The van der Waals surface area contributed by atoms with Crippen molar-refractivity contribution in [3.63, 3.8) is 0 Å². The number of carbonyl (C=O) groups is 2. The van der Waals surface area contributed by atoms with Crippen molar-refractivity contribution in [2.45, 2.75) is 13.8 Å². The first-order valence-corrected chi connectivity index (χ1v) is 8.31. The number of para-hydroxylation sites is 1. The van der Waals surface area contributed by atoms with Crippen LogP contribution < -0.4 is 10.9 Å². The monoisotopic (exact) mass is 360 g/mol. The maximum atomic E-state index is 12.5. The Hall–Kier alpha value is -3.81. The van der Waals surface area contributed by atoms with Crippen LogP contribution in [0.2, 0.25) is 0 Å². The first-order valence-electron chi connectivity index (χ1n) is 8.31. The lowest BCUT2D eigenvalue weighted by Crippen LogP contribution is -2.42. The molecule has 4 rings (SSSR count). The van der Waals surface area contributed by atoms with E-state index in [0.29, 0.717) is 11.2 Å². The number of aryl methyl sites for hydroxylation is 2. The van der Waals surface area contributed by atoms with Gasteiger partial charge in [-0.1, -0.05) is 24.3 Å². The summed E-state index contributed by atoms with van der Waals surface area (Å²) in [6.07, 6.45) is 1.42. The summed E-state index contributed by atoms with van der Waals surface area (Å²) in [6, 6.07) is 12.8. The highest BCUT2D eigenvalue weighted by atomic mass is 16.2. The molecule has 0 saturated carbocycles. The minimum absolute atomic E-state index is 0.207. The second-order valence-corrected chi connectivity index (χ2v) is 6.13. The number of hydrogen-bond acceptors (Lipinski definition) is 5. The van der Waals surface area contributed by atoms with E-state index in [2.05, 4.69) is 25.9 Å². The van der Waals surface area contributed by atoms with Crippen LogP contribution in [0.25, 0.3) is 16.6 Å². The second-order valence-electron chi connectivity index (χ2n) is 6.13. The van der Waals surface area contributed by atoms with Gasteiger partial charge in [-0.25, -0.2) is 14.5 Å². The van der Waals surface area contributed by atoms with E-state index in [4.69, 9.17) is 0 Å². The van der Waals surface area contributed by atoms with E-state index in [9.17, 15) is 9.59 Å². The molecular weight excluding hydrogens is 344 g/mol. The molecule has 0 saturated heterocycles. The predicted molar refractivity (Wildman–Crippen MR) is 99.1 cm³/mol. The molecule has 2 amide bonds. The largest absolute Gasteiger partial charge is 0.288 e. The van der Waals surface area contributed by atoms with Crippen LogP contribution in [0.3, 0.4) is 0 Å². The molecule has 3 aromatic heterocycles. The molecule has 134 valence electrons. The Labute approximate surface area is 154 Å². The molecule has 4 aromatic rings. The highest BCUT2D eigenvalue weighted by Gasteiger charge is 2.17. The van der Waals surface area contributed by atoms with Crippen molar-refractivity contribution in [2.24, 2.45) is 0 Å². The van der Waals surface area contributed by atoms with Crippen molar-refractivity contribution >= 4 is 28.4 Å². The number of hydrogen-bond donors (Lipinski definition) is 2. The number of benzene rings is 1. The van der Waals surface area contributed by atoms with Crippen LogP contribution in [-0.4, -0.2) is 31.4 Å². The summed E-state index contributed by atoms with van der Waals surface area (Å²) in [7, 11) is 0. The third-order valence-corrected chi connectivity index (χ3v) is 4.14. The van der Waals surface area contributed by atoms with Gasteiger partial charge in [0.25, 0.3) is 11.8 Å². The fourth-order valence-corrected chi connectivity index (χ4v) is 2.87. The molecular formula is C19H16N6O2. The molecule has 0 bridgehead atoms. The fraction of sp³-hybridized carbons (Fsp3) is 0.105. The highest BCUT2D eigenvalue weighted by molar-refractivity contribution is 6.02. The van der Waals surface area contributed by atoms with Crippen molar-refractivity contribution < 1.29 is 9.59 Å². The van der Waals surface area contributed by atoms with Crippen molar-refractivity contribution in [1.29, 1.82) is 0 Å². The first kappa shape index (κ1) is 16.6. The van der Waals surface area contributed by atoms with Crippen LogP contribution in [-0.2, 0) is 0 Å². The number of fused-ring (bicyclic) bond motifs is 2. The zero-order valence-corrected chi connectivity index (χ0v) is 14.7. The van der Waals surface area contributed by atoms with Gasteiger partial charge in [0, 0.05) is 16.8 Å². The van der Waals surface area contributed by atoms with Crippen LogP contribution in [0, 0.1) is 13.8 Å². The summed E-state index contributed by atoms with van der Waals surface area (Å²) >= 11 is 0. The van der Waals surface area contributed by atoms with E-state index in [0.717, 1.165) is 16.8 Å². The Kier molecular flexibility index (Phi) is 4.00. The number of hydrazine groups is 1. The molecule has 2 N–H and O–H groups in total. The van der Waals surface area contributed by atoms with E-state index in [1.54, 1.807) is 16.6 Å². The third-order valence-electron chi connectivity index (χ3n) is 4.14. The van der Waals surface area contributed by atoms with E-state index in [1.165, 1.54) is 6.20 Å². The van der Waals surface area contributed by atoms with Gasteiger partial charge in [0.2, 0.25) is 0 Å². The van der Waals surface area contributed by atoms with Crippen molar-refractivity contribution in [2.75, 3.05) is 0 Å². The highest BCUT2D eigenvalue weighted by Crippen LogP contribution is 2.13. The first-order chi connectivity index (χ1) is 13.0. The lowest BCUT2D eigenvalue weighted by molar-refractivity contribution is 0.0845. The third kappa shape index (κ3) is 3.08. The Bertz CT molecular complexity index is 1200. The van der Waals surface area contributed by atoms with Crippen LogP contribution in [0.15, 0.2) is 48.7 Å². The summed E-state index contributed by atoms with van der Waals surface area (Å²) < 4.78 is 1.58. The lowest BCUT2D eigenvalue weighted by atomic mass is 10.2. The van der Waals surface area contributed by atoms with Gasteiger partial charge < -0.3 is 0 Å². The SMILES string of the molecule is Cc1cc(C)n2ncc(C(=O)NNC(=O)c3ccc4ccccc4n3)c2n1. The summed E-state index contributed by atoms with van der Waals surface area (Å²) in [5, 5.41) is 5.10. The topological polar surface area (TPSA) is 101 Å². The minimum atomic E-state index is -0.508. The van der Waals surface area contributed by atoms with Crippen molar-refractivity contribution in [1.82, 2.24) is 30.4 Å². The minimum Gasteiger partial charge on any atom is -0.267 e. The van der Waals surface area contributed by atoms with E-state index in [-0.39, 0.29) is 11.3 Å². The van der Waals surface area contributed by atoms with E-state index >= 15 is 0 Å². The van der Waals surface area contributed by atoms with E-state index < -0.39 is 11.8 Å². The number of rotatable bonds is 2. The second kappa shape index (κ2) is 6.49.